The van der Waals surface area contributed by atoms with Crippen LogP contribution in [0.2, 0.25) is 0 Å². The van der Waals surface area contributed by atoms with Gasteiger partial charge in [0.25, 0.3) is 0 Å². The van der Waals surface area contributed by atoms with Gasteiger partial charge in [-0.25, -0.2) is 4.79 Å². The fourth-order valence-electron chi connectivity index (χ4n) is 3.57. The molecule has 1 aliphatic heterocycles. The van der Waals surface area contributed by atoms with Crippen molar-refractivity contribution in [3.8, 4) is 22.6 Å². The van der Waals surface area contributed by atoms with Crippen LogP contribution in [0.5, 0.6) is 11.5 Å². The topological polar surface area (TPSA) is 48.0 Å². The summed E-state index contributed by atoms with van der Waals surface area (Å²) < 4.78 is 16.3. The number of fused-ring (bicyclic) bond motifs is 2. The molecular formula is C22H21NO4. The molecule has 0 saturated carbocycles. The van der Waals surface area contributed by atoms with Crippen LogP contribution in [0.3, 0.4) is 0 Å². The largest absolute Gasteiger partial charge is 0.493 e. The van der Waals surface area contributed by atoms with E-state index in [4.69, 9.17) is 14.2 Å². The van der Waals surface area contributed by atoms with Gasteiger partial charge in [-0.05, 0) is 46.7 Å². The highest BCUT2D eigenvalue weighted by Crippen LogP contribution is 2.42. The summed E-state index contributed by atoms with van der Waals surface area (Å²) in [5.41, 5.74) is 4.46. The van der Waals surface area contributed by atoms with Gasteiger partial charge in [0, 0.05) is 30.9 Å². The van der Waals surface area contributed by atoms with Crippen molar-refractivity contribution in [1.82, 2.24) is 0 Å². The van der Waals surface area contributed by atoms with Gasteiger partial charge in [0.2, 0.25) is 0 Å². The molecule has 0 unspecified atom stereocenters. The van der Waals surface area contributed by atoms with E-state index in [2.05, 4.69) is 0 Å². The van der Waals surface area contributed by atoms with Gasteiger partial charge in [-0.3, -0.25) is 0 Å². The lowest BCUT2D eigenvalue weighted by atomic mass is 9.90. The molecule has 5 heteroatoms. The number of cyclic esters (lactones) is 1. The Morgan fingerprint density at radius 2 is 1.59 bits per heavy atom. The van der Waals surface area contributed by atoms with Crippen LogP contribution >= 0.6 is 0 Å². The predicted octanol–water partition coefficient (Wildman–Crippen LogP) is 4.26. The number of nitrogens with zero attached hydrogens (tertiary/aromatic N) is 1. The van der Waals surface area contributed by atoms with Crippen LogP contribution < -0.4 is 14.4 Å². The molecule has 0 spiro atoms. The van der Waals surface area contributed by atoms with Crippen molar-refractivity contribution < 1.29 is 19.0 Å². The molecule has 0 aliphatic carbocycles. The summed E-state index contributed by atoms with van der Waals surface area (Å²) in [6.07, 6.45) is 0. The maximum absolute atomic E-state index is 12.5. The van der Waals surface area contributed by atoms with Crippen LogP contribution in [0.25, 0.3) is 21.9 Å². The Bertz CT molecular complexity index is 1040. The Hall–Kier alpha value is -3.21. The quantitative estimate of drug-likeness (QED) is 0.648. The van der Waals surface area contributed by atoms with E-state index < -0.39 is 0 Å². The monoisotopic (exact) mass is 363 g/mol. The van der Waals surface area contributed by atoms with E-state index in [1.807, 2.05) is 61.5 Å². The molecule has 0 N–H and O–H groups in total. The first-order valence-corrected chi connectivity index (χ1v) is 8.70. The lowest BCUT2D eigenvalue weighted by molar-refractivity contribution is 0.0535. The molecule has 1 aliphatic rings. The highest BCUT2D eigenvalue weighted by Gasteiger charge is 2.28. The Balaban J connectivity index is 2.04. The molecule has 1 heterocycles. The molecule has 0 atom stereocenters. The summed E-state index contributed by atoms with van der Waals surface area (Å²) in [6.45, 7) is 0.293. The van der Waals surface area contributed by atoms with Gasteiger partial charge in [0.05, 0.1) is 19.8 Å². The number of rotatable bonds is 4. The highest BCUT2D eigenvalue weighted by molar-refractivity contribution is 6.11. The van der Waals surface area contributed by atoms with E-state index in [0.717, 1.165) is 33.2 Å². The minimum Gasteiger partial charge on any atom is -0.493 e. The fourth-order valence-corrected chi connectivity index (χ4v) is 3.57. The van der Waals surface area contributed by atoms with Gasteiger partial charge in [0.1, 0.15) is 6.61 Å². The minimum atomic E-state index is -0.284. The van der Waals surface area contributed by atoms with Crippen molar-refractivity contribution in [2.24, 2.45) is 0 Å². The summed E-state index contributed by atoms with van der Waals surface area (Å²) in [7, 11) is 7.22. The molecular weight excluding hydrogens is 342 g/mol. The average molecular weight is 363 g/mol. The predicted molar refractivity (Wildman–Crippen MR) is 106 cm³/mol. The number of anilines is 1. The van der Waals surface area contributed by atoms with Crippen molar-refractivity contribution in [2.45, 2.75) is 6.61 Å². The number of benzene rings is 3. The van der Waals surface area contributed by atoms with Gasteiger partial charge in [-0.15, -0.1) is 0 Å². The molecule has 5 nitrogen and oxygen atoms in total. The number of methoxy groups -OCH3 is 2. The SMILES string of the molecule is COc1cc2cc3c(c(-c4ccc(N(C)C)cc4)c2cc1OC)C(=O)OC3. The van der Waals surface area contributed by atoms with Gasteiger partial charge in [-0.2, -0.15) is 0 Å². The highest BCUT2D eigenvalue weighted by atomic mass is 16.5. The number of hydrogen-bond acceptors (Lipinski definition) is 5. The summed E-state index contributed by atoms with van der Waals surface area (Å²) in [5, 5.41) is 1.92. The Morgan fingerprint density at radius 1 is 0.926 bits per heavy atom. The maximum atomic E-state index is 12.5. The number of carbonyl (C=O) groups excluding carboxylic acids is 1. The molecule has 27 heavy (non-hydrogen) atoms. The molecule has 3 aromatic carbocycles. The molecule has 0 aromatic heterocycles. The van der Waals surface area contributed by atoms with Crippen LogP contribution in [0, 0.1) is 0 Å². The first kappa shape index (κ1) is 17.2. The maximum Gasteiger partial charge on any atom is 0.339 e. The third kappa shape index (κ3) is 2.76. The minimum absolute atomic E-state index is 0.284. The average Bonchev–Trinajstić information content (AvgIpc) is 3.05. The number of carbonyl (C=O) groups is 1. The van der Waals surface area contributed by atoms with E-state index in [0.29, 0.717) is 23.7 Å². The summed E-state index contributed by atoms with van der Waals surface area (Å²) in [4.78, 5) is 14.5. The molecule has 3 aromatic rings. The molecule has 138 valence electrons. The second kappa shape index (κ2) is 6.50. The van der Waals surface area contributed by atoms with E-state index in [9.17, 15) is 4.79 Å². The molecule has 0 saturated heterocycles. The molecule has 0 amide bonds. The third-order valence-corrected chi connectivity index (χ3v) is 4.96. The standard InChI is InChI=1S/C22H21NO4/c1-23(2)16-7-5-13(6-8-16)20-17-11-19(26-4)18(25-3)10-14(17)9-15-12-27-22(24)21(15)20/h5-11H,12H2,1-4H3. The van der Waals surface area contributed by atoms with Crippen molar-refractivity contribution in [3.63, 3.8) is 0 Å². The first-order chi connectivity index (χ1) is 13.0. The number of hydrogen-bond donors (Lipinski definition) is 0. The fraction of sp³-hybridized carbons (Fsp3) is 0.227. The first-order valence-electron chi connectivity index (χ1n) is 8.70. The normalized spacial score (nSPS) is 12.7. The second-order valence-corrected chi connectivity index (χ2v) is 6.73. The lowest BCUT2D eigenvalue weighted by Crippen LogP contribution is -2.08. The van der Waals surface area contributed by atoms with Crippen LogP contribution in [0.1, 0.15) is 15.9 Å². The van der Waals surface area contributed by atoms with Gasteiger partial charge < -0.3 is 19.1 Å². The molecule has 0 fully saturated rings. The summed E-state index contributed by atoms with van der Waals surface area (Å²) in [5.74, 6) is 1.000. The van der Waals surface area contributed by atoms with E-state index in [-0.39, 0.29) is 5.97 Å². The van der Waals surface area contributed by atoms with Crippen molar-refractivity contribution >= 4 is 22.4 Å². The van der Waals surface area contributed by atoms with E-state index in [1.165, 1.54) is 0 Å². The van der Waals surface area contributed by atoms with Crippen molar-refractivity contribution in [1.29, 1.82) is 0 Å². The van der Waals surface area contributed by atoms with E-state index in [1.54, 1.807) is 14.2 Å². The van der Waals surface area contributed by atoms with Gasteiger partial charge in [-0.1, -0.05) is 12.1 Å². The smallest absolute Gasteiger partial charge is 0.339 e. The Morgan fingerprint density at radius 3 is 2.22 bits per heavy atom. The summed E-state index contributed by atoms with van der Waals surface area (Å²) >= 11 is 0. The lowest BCUT2D eigenvalue weighted by Gasteiger charge is -2.16. The van der Waals surface area contributed by atoms with Crippen molar-refractivity contribution in [2.75, 3.05) is 33.2 Å². The van der Waals surface area contributed by atoms with Gasteiger partial charge >= 0.3 is 5.97 Å². The number of ether oxygens (including phenoxy) is 3. The van der Waals surface area contributed by atoms with Crippen LogP contribution in [-0.2, 0) is 11.3 Å². The molecule has 0 bridgehead atoms. The molecule has 0 radical (unpaired) electrons. The number of esters is 1. The van der Waals surface area contributed by atoms with E-state index >= 15 is 0 Å². The summed E-state index contributed by atoms with van der Waals surface area (Å²) in [6, 6.07) is 14.0. The second-order valence-electron chi connectivity index (χ2n) is 6.73. The van der Waals surface area contributed by atoms with Gasteiger partial charge in [0.15, 0.2) is 11.5 Å². The zero-order valence-corrected chi connectivity index (χ0v) is 15.8. The third-order valence-electron chi connectivity index (χ3n) is 4.96. The zero-order valence-electron chi connectivity index (χ0n) is 15.8. The van der Waals surface area contributed by atoms with Crippen LogP contribution in [0.4, 0.5) is 5.69 Å². The van der Waals surface area contributed by atoms with Crippen LogP contribution in [-0.4, -0.2) is 34.3 Å². The van der Waals surface area contributed by atoms with Crippen LogP contribution in [0.15, 0.2) is 42.5 Å². The van der Waals surface area contributed by atoms with Crippen molar-refractivity contribution in [3.05, 3.63) is 53.6 Å². The Kier molecular flexibility index (Phi) is 4.15. The zero-order chi connectivity index (χ0) is 19.1. The Labute approximate surface area is 158 Å². The molecule has 4 rings (SSSR count).